The zero-order valence-electron chi connectivity index (χ0n) is 11.4. The fourth-order valence-electron chi connectivity index (χ4n) is 1.96. The van der Waals surface area contributed by atoms with E-state index in [1.54, 1.807) is 12.1 Å². The summed E-state index contributed by atoms with van der Waals surface area (Å²) in [6, 6.07) is 5.46. The van der Waals surface area contributed by atoms with E-state index in [1.807, 2.05) is 37.6 Å². The molecule has 0 unspecified atom stereocenters. The Morgan fingerprint density at radius 3 is 2.70 bits per heavy atom. The van der Waals surface area contributed by atoms with Crippen LogP contribution >= 0.6 is 23.2 Å². The van der Waals surface area contributed by atoms with E-state index >= 15 is 0 Å². The minimum absolute atomic E-state index is 0.186. The van der Waals surface area contributed by atoms with Crippen LogP contribution in [-0.4, -0.2) is 15.5 Å². The van der Waals surface area contributed by atoms with E-state index in [9.17, 15) is 4.79 Å². The lowest BCUT2D eigenvalue weighted by atomic mass is 10.2. The predicted octanol–water partition coefficient (Wildman–Crippen LogP) is 4.33. The van der Waals surface area contributed by atoms with Crippen molar-refractivity contribution >= 4 is 34.8 Å². The number of aryl methyl sites for hydroxylation is 1. The molecule has 0 aliphatic heterocycles. The van der Waals surface area contributed by atoms with Gasteiger partial charge in [-0.2, -0.15) is 0 Å². The number of halogens is 2. The molecule has 4 nitrogen and oxygen atoms in total. The first-order valence-corrected chi connectivity index (χ1v) is 6.96. The molecular weight excluding hydrogens is 297 g/mol. The summed E-state index contributed by atoms with van der Waals surface area (Å²) in [6.45, 7) is 5.84. The molecule has 2 rings (SSSR count). The Morgan fingerprint density at radius 2 is 2.10 bits per heavy atom. The Balaban J connectivity index is 2.31. The van der Waals surface area contributed by atoms with Crippen molar-refractivity contribution in [2.75, 3.05) is 5.32 Å². The lowest BCUT2D eigenvalue weighted by molar-refractivity contribution is 0.101. The number of hydrogen-bond donors (Lipinski definition) is 1. The first kappa shape index (κ1) is 14.9. The second-order valence-electron chi connectivity index (χ2n) is 4.78. The highest BCUT2D eigenvalue weighted by molar-refractivity contribution is 6.35. The molecule has 1 N–H and O–H groups in total. The quantitative estimate of drug-likeness (QED) is 0.857. The van der Waals surface area contributed by atoms with E-state index in [1.165, 1.54) is 0 Å². The Morgan fingerprint density at radius 1 is 1.40 bits per heavy atom. The maximum absolute atomic E-state index is 12.3. The SMILES string of the molecule is Cc1cc(Cl)nc(Cl)c1NC(=O)c1cccn1C(C)C. The predicted molar refractivity (Wildman–Crippen MR) is 81.8 cm³/mol. The van der Waals surface area contributed by atoms with Gasteiger partial charge in [0.05, 0.1) is 5.69 Å². The molecule has 106 valence electrons. The third-order valence-corrected chi connectivity index (χ3v) is 3.41. The lowest BCUT2D eigenvalue weighted by Gasteiger charge is -2.14. The van der Waals surface area contributed by atoms with E-state index in [0.29, 0.717) is 16.5 Å². The third kappa shape index (κ3) is 2.97. The van der Waals surface area contributed by atoms with Gasteiger partial charge in [-0.3, -0.25) is 4.79 Å². The van der Waals surface area contributed by atoms with Crippen LogP contribution in [-0.2, 0) is 0 Å². The van der Waals surface area contributed by atoms with Crippen LogP contribution in [0.25, 0.3) is 0 Å². The molecule has 0 aliphatic carbocycles. The maximum Gasteiger partial charge on any atom is 0.272 e. The summed E-state index contributed by atoms with van der Waals surface area (Å²) in [5.74, 6) is -0.224. The number of pyridine rings is 1. The molecule has 0 bridgehead atoms. The van der Waals surface area contributed by atoms with Crippen LogP contribution in [0.3, 0.4) is 0 Å². The van der Waals surface area contributed by atoms with E-state index in [-0.39, 0.29) is 17.1 Å². The zero-order chi connectivity index (χ0) is 14.9. The molecule has 2 aromatic heterocycles. The average molecular weight is 312 g/mol. The highest BCUT2D eigenvalue weighted by Gasteiger charge is 2.16. The largest absolute Gasteiger partial charge is 0.341 e. The molecular formula is C14H15Cl2N3O. The minimum Gasteiger partial charge on any atom is -0.341 e. The van der Waals surface area contributed by atoms with Crippen molar-refractivity contribution in [3.05, 3.63) is 46.0 Å². The van der Waals surface area contributed by atoms with Crippen LogP contribution in [0.15, 0.2) is 24.4 Å². The van der Waals surface area contributed by atoms with Crippen molar-refractivity contribution in [2.45, 2.75) is 26.8 Å². The number of carbonyl (C=O) groups is 1. The van der Waals surface area contributed by atoms with Gasteiger partial charge in [-0.1, -0.05) is 23.2 Å². The third-order valence-electron chi connectivity index (χ3n) is 2.95. The van der Waals surface area contributed by atoms with Gasteiger partial charge in [0.1, 0.15) is 10.8 Å². The summed E-state index contributed by atoms with van der Waals surface area (Å²) >= 11 is 11.8. The molecule has 20 heavy (non-hydrogen) atoms. The first-order chi connectivity index (χ1) is 9.40. The molecule has 0 saturated heterocycles. The van der Waals surface area contributed by atoms with Gasteiger partial charge in [0.15, 0.2) is 5.15 Å². The molecule has 0 radical (unpaired) electrons. The van der Waals surface area contributed by atoms with Crippen LogP contribution in [0, 0.1) is 6.92 Å². The second-order valence-corrected chi connectivity index (χ2v) is 5.52. The van der Waals surface area contributed by atoms with E-state index in [0.717, 1.165) is 5.56 Å². The van der Waals surface area contributed by atoms with E-state index < -0.39 is 0 Å². The molecule has 2 aromatic rings. The van der Waals surface area contributed by atoms with Crippen molar-refractivity contribution in [1.82, 2.24) is 9.55 Å². The molecule has 0 spiro atoms. The fourth-order valence-corrected chi connectivity index (χ4v) is 2.54. The molecule has 0 atom stereocenters. The fraction of sp³-hybridized carbons (Fsp3) is 0.286. The van der Waals surface area contributed by atoms with Crippen molar-refractivity contribution in [1.29, 1.82) is 0 Å². The molecule has 0 saturated carbocycles. The average Bonchev–Trinajstić information content (AvgIpc) is 2.82. The second kappa shape index (κ2) is 5.85. The van der Waals surface area contributed by atoms with Crippen molar-refractivity contribution in [3.8, 4) is 0 Å². The Bertz CT molecular complexity index is 627. The number of amides is 1. The van der Waals surface area contributed by atoms with Crippen LogP contribution in [0.4, 0.5) is 5.69 Å². The topological polar surface area (TPSA) is 46.9 Å². The number of carbonyl (C=O) groups excluding carboxylic acids is 1. The maximum atomic E-state index is 12.3. The number of rotatable bonds is 3. The number of aromatic nitrogens is 2. The Hall–Kier alpha value is -1.52. The van der Waals surface area contributed by atoms with Crippen LogP contribution < -0.4 is 5.32 Å². The molecule has 0 aromatic carbocycles. The summed E-state index contributed by atoms with van der Waals surface area (Å²) in [5, 5.41) is 3.28. The standard InChI is InChI=1S/C14H15Cl2N3O/c1-8(2)19-6-4-5-10(19)14(20)18-12-9(3)7-11(15)17-13(12)16/h4-8H,1-3H3,(H,18,20). The van der Waals surface area contributed by atoms with E-state index in [2.05, 4.69) is 10.3 Å². The van der Waals surface area contributed by atoms with Crippen LogP contribution in [0.5, 0.6) is 0 Å². The van der Waals surface area contributed by atoms with Gasteiger partial charge in [0.25, 0.3) is 5.91 Å². The van der Waals surface area contributed by atoms with Gasteiger partial charge >= 0.3 is 0 Å². The van der Waals surface area contributed by atoms with E-state index in [4.69, 9.17) is 23.2 Å². The summed E-state index contributed by atoms with van der Waals surface area (Å²) in [6.07, 6.45) is 1.87. The molecule has 2 heterocycles. The lowest BCUT2D eigenvalue weighted by Crippen LogP contribution is -2.18. The summed E-state index contributed by atoms with van der Waals surface area (Å²) in [5.41, 5.74) is 1.83. The Kier molecular flexibility index (Phi) is 4.35. The van der Waals surface area contributed by atoms with Gasteiger partial charge in [0.2, 0.25) is 0 Å². The normalized spacial score (nSPS) is 10.9. The van der Waals surface area contributed by atoms with Crippen molar-refractivity contribution in [3.63, 3.8) is 0 Å². The van der Waals surface area contributed by atoms with Gasteiger partial charge in [-0.15, -0.1) is 0 Å². The summed E-state index contributed by atoms with van der Waals surface area (Å²) in [7, 11) is 0. The highest BCUT2D eigenvalue weighted by Crippen LogP contribution is 2.27. The van der Waals surface area contributed by atoms with Gasteiger partial charge in [0, 0.05) is 12.2 Å². The van der Waals surface area contributed by atoms with Crippen LogP contribution in [0.2, 0.25) is 10.3 Å². The Labute approximate surface area is 127 Å². The molecule has 6 heteroatoms. The summed E-state index contributed by atoms with van der Waals surface area (Å²) in [4.78, 5) is 16.3. The van der Waals surface area contributed by atoms with Crippen LogP contribution in [0.1, 0.15) is 35.9 Å². The number of nitrogens with zero attached hydrogens (tertiary/aromatic N) is 2. The highest BCUT2D eigenvalue weighted by atomic mass is 35.5. The summed E-state index contributed by atoms with van der Waals surface area (Å²) < 4.78 is 1.89. The first-order valence-electron chi connectivity index (χ1n) is 6.21. The van der Waals surface area contributed by atoms with Gasteiger partial charge in [-0.25, -0.2) is 4.98 Å². The zero-order valence-corrected chi connectivity index (χ0v) is 13.0. The minimum atomic E-state index is -0.224. The van der Waals surface area contributed by atoms with Crippen molar-refractivity contribution in [2.24, 2.45) is 0 Å². The molecule has 1 amide bonds. The molecule has 0 aliphatic rings. The number of hydrogen-bond acceptors (Lipinski definition) is 2. The van der Waals surface area contributed by atoms with Gasteiger partial charge in [-0.05, 0) is 44.5 Å². The molecule has 0 fully saturated rings. The number of anilines is 1. The van der Waals surface area contributed by atoms with Crippen molar-refractivity contribution < 1.29 is 4.79 Å². The van der Waals surface area contributed by atoms with Gasteiger partial charge < -0.3 is 9.88 Å². The monoisotopic (exact) mass is 311 g/mol. The smallest absolute Gasteiger partial charge is 0.272 e. The number of nitrogens with one attached hydrogen (secondary N) is 1.